The number of hydrogen-bond acceptors (Lipinski definition) is 4. The van der Waals surface area contributed by atoms with Crippen molar-refractivity contribution in [3.8, 4) is 0 Å². The molecule has 0 spiro atoms. The van der Waals surface area contributed by atoms with E-state index in [1.165, 1.54) is 0 Å². The van der Waals surface area contributed by atoms with Crippen molar-refractivity contribution in [1.29, 1.82) is 0 Å². The highest BCUT2D eigenvalue weighted by Gasteiger charge is 2.29. The summed E-state index contributed by atoms with van der Waals surface area (Å²) in [5.41, 5.74) is 0. The number of ether oxygens (including phenoxy) is 1. The van der Waals surface area contributed by atoms with Crippen molar-refractivity contribution in [2.45, 2.75) is 31.9 Å². The van der Waals surface area contributed by atoms with E-state index >= 15 is 0 Å². The van der Waals surface area contributed by atoms with E-state index in [1.54, 1.807) is 13.2 Å². The lowest BCUT2D eigenvalue weighted by Gasteiger charge is -2.34. The number of methoxy groups -OCH3 is 1. The van der Waals surface area contributed by atoms with Gasteiger partial charge in [-0.1, -0.05) is 11.6 Å². The smallest absolute Gasteiger partial charge is 0.134 e. The monoisotopic (exact) mass is 227 g/mol. The van der Waals surface area contributed by atoms with Crippen LogP contribution in [0.1, 0.15) is 18.7 Å². The Morgan fingerprint density at radius 2 is 2.20 bits per heavy atom. The lowest BCUT2D eigenvalue weighted by Crippen LogP contribution is -2.40. The standard InChI is InChI=1S/C10H14ClN3O/c1-6-12-9(11)5-10(13-6)14-7-3-8(4-7)15-2/h5,7-8H,3-4H2,1-2H3,(H,12,13,14). The van der Waals surface area contributed by atoms with E-state index in [-0.39, 0.29) is 0 Å². The number of aromatic nitrogens is 2. The first-order valence-corrected chi connectivity index (χ1v) is 5.35. The highest BCUT2D eigenvalue weighted by atomic mass is 35.5. The lowest BCUT2D eigenvalue weighted by atomic mass is 9.89. The maximum absolute atomic E-state index is 5.83. The maximum Gasteiger partial charge on any atom is 0.134 e. The molecule has 1 heterocycles. The van der Waals surface area contributed by atoms with Crippen molar-refractivity contribution < 1.29 is 4.74 Å². The Hall–Kier alpha value is -0.870. The van der Waals surface area contributed by atoms with Gasteiger partial charge in [-0.3, -0.25) is 0 Å². The number of anilines is 1. The summed E-state index contributed by atoms with van der Waals surface area (Å²) in [7, 11) is 1.74. The maximum atomic E-state index is 5.83. The van der Waals surface area contributed by atoms with E-state index < -0.39 is 0 Å². The van der Waals surface area contributed by atoms with Gasteiger partial charge in [0.25, 0.3) is 0 Å². The van der Waals surface area contributed by atoms with Crippen molar-refractivity contribution in [3.63, 3.8) is 0 Å². The summed E-state index contributed by atoms with van der Waals surface area (Å²) >= 11 is 5.83. The van der Waals surface area contributed by atoms with Gasteiger partial charge < -0.3 is 10.1 Å². The van der Waals surface area contributed by atoms with Gasteiger partial charge in [0.1, 0.15) is 16.8 Å². The molecule has 15 heavy (non-hydrogen) atoms. The third-order valence-corrected chi connectivity index (χ3v) is 2.78. The van der Waals surface area contributed by atoms with E-state index in [9.17, 15) is 0 Å². The zero-order valence-corrected chi connectivity index (χ0v) is 9.58. The van der Waals surface area contributed by atoms with Gasteiger partial charge in [-0.15, -0.1) is 0 Å². The summed E-state index contributed by atoms with van der Waals surface area (Å²) in [4.78, 5) is 8.27. The Kier molecular flexibility index (Phi) is 3.07. The molecule has 0 atom stereocenters. The van der Waals surface area contributed by atoms with Gasteiger partial charge in [0.05, 0.1) is 6.10 Å². The van der Waals surface area contributed by atoms with Crippen LogP contribution in [0.5, 0.6) is 0 Å². The van der Waals surface area contributed by atoms with Gasteiger partial charge in [-0.05, 0) is 19.8 Å². The molecule has 0 aliphatic heterocycles. The van der Waals surface area contributed by atoms with Crippen LogP contribution < -0.4 is 5.32 Å². The van der Waals surface area contributed by atoms with Gasteiger partial charge in [-0.25, -0.2) is 9.97 Å². The van der Waals surface area contributed by atoms with Crippen LogP contribution >= 0.6 is 11.6 Å². The molecule has 1 aliphatic carbocycles. The average molecular weight is 228 g/mol. The van der Waals surface area contributed by atoms with Crippen LogP contribution in [-0.2, 0) is 4.74 Å². The SMILES string of the molecule is COC1CC(Nc2cc(Cl)nc(C)n2)C1. The minimum absolute atomic E-state index is 0.390. The highest BCUT2D eigenvalue weighted by molar-refractivity contribution is 6.29. The molecule has 0 amide bonds. The van der Waals surface area contributed by atoms with Crippen molar-refractivity contribution in [2.24, 2.45) is 0 Å². The number of halogens is 1. The Labute approximate surface area is 94.0 Å². The van der Waals surface area contributed by atoms with Crippen LogP contribution in [0, 0.1) is 6.92 Å². The molecule has 1 aromatic heterocycles. The van der Waals surface area contributed by atoms with Crippen molar-refractivity contribution in [1.82, 2.24) is 9.97 Å². The Morgan fingerprint density at radius 1 is 1.47 bits per heavy atom. The molecule has 1 aromatic rings. The zero-order valence-electron chi connectivity index (χ0n) is 8.83. The van der Waals surface area contributed by atoms with Gasteiger partial charge >= 0.3 is 0 Å². The van der Waals surface area contributed by atoms with Crippen molar-refractivity contribution >= 4 is 17.4 Å². The van der Waals surface area contributed by atoms with Crippen LogP contribution in [0.3, 0.4) is 0 Å². The second-order valence-corrected chi connectivity index (χ2v) is 4.18. The van der Waals surface area contributed by atoms with Gasteiger partial charge in [-0.2, -0.15) is 0 Å². The summed E-state index contributed by atoms with van der Waals surface area (Å²) in [6.45, 7) is 1.83. The molecule has 0 aromatic carbocycles. The van der Waals surface area contributed by atoms with Crippen LogP contribution in [0.25, 0.3) is 0 Å². The second-order valence-electron chi connectivity index (χ2n) is 3.79. The van der Waals surface area contributed by atoms with Crippen LogP contribution in [0.2, 0.25) is 5.15 Å². The number of rotatable bonds is 3. The first kappa shape index (κ1) is 10.6. The van der Waals surface area contributed by atoms with Crippen molar-refractivity contribution in [2.75, 3.05) is 12.4 Å². The molecule has 5 heteroatoms. The summed E-state index contributed by atoms with van der Waals surface area (Å²) in [5, 5.41) is 3.79. The number of hydrogen-bond donors (Lipinski definition) is 1. The van der Waals surface area contributed by atoms with E-state index in [2.05, 4.69) is 15.3 Å². The fourth-order valence-electron chi connectivity index (χ4n) is 1.69. The Balaban J connectivity index is 1.94. The molecule has 0 saturated heterocycles. The Bertz CT molecular complexity index is 332. The molecule has 4 nitrogen and oxygen atoms in total. The molecule has 1 aliphatic rings. The largest absolute Gasteiger partial charge is 0.381 e. The van der Waals surface area contributed by atoms with Crippen LogP contribution in [0.15, 0.2) is 6.07 Å². The number of nitrogens with zero attached hydrogens (tertiary/aromatic N) is 2. The molecule has 0 unspecified atom stereocenters. The van der Waals surface area contributed by atoms with Gasteiger partial charge in [0, 0.05) is 19.2 Å². The zero-order chi connectivity index (χ0) is 10.8. The van der Waals surface area contributed by atoms with E-state index in [4.69, 9.17) is 16.3 Å². The second kappa shape index (κ2) is 4.33. The molecule has 0 radical (unpaired) electrons. The predicted octanol–water partition coefficient (Wildman–Crippen LogP) is 2.03. The summed E-state index contributed by atoms with van der Waals surface area (Å²) in [6, 6.07) is 2.19. The van der Waals surface area contributed by atoms with Gasteiger partial charge in [0.15, 0.2) is 0 Å². The quantitative estimate of drug-likeness (QED) is 0.803. The van der Waals surface area contributed by atoms with Crippen LogP contribution in [0.4, 0.5) is 5.82 Å². The predicted molar refractivity (Wildman–Crippen MR) is 59.2 cm³/mol. The minimum atomic E-state index is 0.390. The lowest BCUT2D eigenvalue weighted by molar-refractivity contribution is 0.0328. The fourth-order valence-corrected chi connectivity index (χ4v) is 1.92. The molecule has 1 N–H and O–H groups in total. The molecule has 82 valence electrons. The molecular weight excluding hydrogens is 214 g/mol. The van der Waals surface area contributed by atoms with Crippen molar-refractivity contribution in [3.05, 3.63) is 17.0 Å². The van der Waals surface area contributed by atoms with E-state index in [1.807, 2.05) is 6.92 Å². The molecule has 0 bridgehead atoms. The molecule has 1 fully saturated rings. The summed E-state index contributed by atoms with van der Waals surface area (Å²) < 4.78 is 5.20. The first-order chi connectivity index (χ1) is 7.17. The number of nitrogens with one attached hydrogen (secondary N) is 1. The third-order valence-electron chi connectivity index (χ3n) is 2.59. The molecule has 2 rings (SSSR count). The minimum Gasteiger partial charge on any atom is -0.381 e. The topological polar surface area (TPSA) is 47.0 Å². The summed E-state index contributed by atoms with van der Waals surface area (Å²) in [6.07, 6.45) is 2.44. The van der Waals surface area contributed by atoms with Gasteiger partial charge in [0.2, 0.25) is 0 Å². The van der Waals surface area contributed by atoms with E-state index in [0.29, 0.717) is 23.1 Å². The normalized spacial score (nSPS) is 24.7. The Morgan fingerprint density at radius 3 is 2.80 bits per heavy atom. The van der Waals surface area contributed by atoms with Crippen LogP contribution in [-0.4, -0.2) is 29.2 Å². The molecular formula is C10H14ClN3O. The fraction of sp³-hybridized carbons (Fsp3) is 0.600. The molecule has 1 saturated carbocycles. The summed E-state index contributed by atoms with van der Waals surface area (Å²) in [5.74, 6) is 1.49. The highest BCUT2D eigenvalue weighted by Crippen LogP contribution is 2.26. The first-order valence-electron chi connectivity index (χ1n) is 4.98. The average Bonchev–Trinajstić information content (AvgIpc) is 2.08. The third kappa shape index (κ3) is 2.58. The van der Waals surface area contributed by atoms with E-state index in [0.717, 1.165) is 18.7 Å². The number of aryl methyl sites for hydroxylation is 1.